The summed E-state index contributed by atoms with van der Waals surface area (Å²) in [6, 6.07) is 2.65. The van der Waals surface area contributed by atoms with Crippen molar-refractivity contribution >= 4 is 17.8 Å². The first-order valence-corrected chi connectivity index (χ1v) is 4.46. The molecule has 1 rings (SSSR count). The van der Waals surface area contributed by atoms with Crippen molar-refractivity contribution in [3.05, 3.63) is 23.4 Å². The second-order valence-corrected chi connectivity index (χ2v) is 3.29. The van der Waals surface area contributed by atoms with Crippen molar-refractivity contribution in [2.75, 3.05) is 26.1 Å². The van der Waals surface area contributed by atoms with Gasteiger partial charge in [-0.1, -0.05) is 0 Å². The number of hydrogen-bond donors (Lipinski definition) is 1. The van der Waals surface area contributed by atoms with Crippen molar-refractivity contribution < 1.29 is 19.4 Å². The molecule has 1 aromatic rings. The van der Waals surface area contributed by atoms with Crippen molar-refractivity contribution in [2.24, 2.45) is 0 Å². The molecule has 0 aliphatic heterocycles. The third-order valence-corrected chi connectivity index (χ3v) is 1.91. The maximum absolute atomic E-state index is 11.3. The van der Waals surface area contributed by atoms with Gasteiger partial charge < -0.3 is 14.7 Å². The summed E-state index contributed by atoms with van der Waals surface area (Å²) in [6.07, 6.45) is 0. The average molecular weight is 224 g/mol. The number of carboxylic acids is 1. The SMILES string of the molecule is COC(=O)c1cc(C(=O)O)nc(N(C)C)c1. The number of hydrogen-bond acceptors (Lipinski definition) is 5. The normalized spacial score (nSPS) is 9.69. The summed E-state index contributed by atoms with van der Waals surface area (Å²) in [6.45, 7) is 0. The number of nitrogens with zero attached hydrogens (tertiary/aromatic N) is 2. The highest BCUT2D eigenvalue weighted by atomic mass is 16.5. The van der Waals surface area contributed by atoms with E-state index in [4.69, 9.17) is 5.11 Å². The maximum Gasteiger partial charge on any atom is 0.354 e. The van der Waals surface area contributed by atoms with E-state index in [0.29, 0.717) is 5.82 Å². The number of carbonyl (C=O) groups excluding carboxylic acids is 1. The molecule has 6 heteroatoms. The number of carbonyl (C=O) groups is 2. The summed E-state index contributed by atoms with van der Waals surface area (Å²) in [4.78, 5) is 27.6. The molecular weight excluding hydrogens is 212 g/mol. The quantitative estimate of drug-likeness (QED) is 0.758. The molecule has 0 fully saturated rings. The van der Waals surface area contributed by atoms with Crippen LogP contribution in [-0.2, 0) is 4.74 Å². The zero-order chi connectivity index (χ0) is 12.3. The third kappa shape index (κ3) is 2.47. The van der Waals surface area contributed by atoms with Crippen LogP contribution in [0.4, 0.5) is 5.82 Å². The highest BCUT2D eigenvalue weighted by molar-refractivity contribution is 5.94. The molecule has 16 heavy (non-hydrogen) atoms. The van der Waals surface area contributed by atoms with Crippen LogP contribution in [0.25, 0.3) is 0 Å². The smallest absolute Gasteiger partial charge is 0.354 e. The lowest BCUT2D eigenvalue weighted by Crippen LogP contribution is -2.15. The van der Waals surface area contributed by atoms with E-state index in [1.807, 2.05) is 0 Å². The van der Waals surface area contributed by atoms with Crippen molar-refractivity contribution in [1.29, 1.82) is 0 Å². The fourth-order valence-corrected chi connectivity index (χ4v) is 1.09. The molecule has 6 nitrogen and oxygen atoms in total. The Labute approximate surface area is 92.5 Å². The number of esters is 1. The van der Waals surface area contributed by atoms with Gasteiger partial charge in [-0.15, -0.1) is 0 Å². The molecule has 0 unspecified atom stereocenters. The van der Waals surface area contributed by atoms with Crippen LogP contribution < -0.4 is 4.90 Å². The van der Waals surface area contributed by atoms with Gasteiger partial charge in [-0.3, -0.25) is 0 Å². The summed E-state index contributed by atoms with van der Waals surface area (Å²) in [7, 11) is 4.64. The number of ether oxygens (including phenoxy) is 1. The minimum Gasteiger partial charge on any atom is -0.477 e. The summed E-state index contributed by atoms with van der Waals surface area (Å²) < 4.78 is 4.53. The van der Waals surface area contributed by atoms with E-state index in [1.54, 1.807) is 19.0 Å². The predicted octanol–water partition coefficient (Wildman–Crippen LogP) is 0.632. The molecule has 1 aromatic heterocycles. The zero-order valence-electron chi connectivity index (χ0n) is 9.22. The minimum atomic E-state index is -1.19. The molecule has 0 aliphatic rings. The first-order chi connectivity index (χ1) is 7.45. The molecule has 0 atom stereocenters. The Bertz CT molecular complexity index is 429. The van der Waals surface area contributed by atoms with Crippen LogP contribution in [0, 0.1) is 0 Å². The van der Waals surface area contributed by atoms with Gasteiger partial charge in [-0.05, 0) is 12.1 Å². The molecule has 0 saturated carbocycles. The summed E-state index contributed by atoms with van der Waals surface area (Å²) in [5, 5.41) is 8.84. The van der Waals surface area contributed by atoms with Gasteiger partial charge >= 0.3 is 11.9 Å². The second kappa shape index (κ2) is 4.61. The molecule has 86 valence electrons. The minimum absolute atomic E-state index is 0.165. The van der Waals surface area contributed by atoms with E-state index in [-0.39, 0.29) is 11.3 Å². The molecule has 0 aliphatic carbocycles. The predicted molar refractivity (Wildman–Crippen MR) is 56.9 cm³/mol. The highest BCUT2D eigenvalue weighted by Crippen LogP contribution is 2.14. The first-order valence-electron chi connectivity index (χ1n) is 4.46. The summed E-state index contributed by atoms with van der Waals surface area (Å²) in [5.41, 5.74) is -0.0230. The van der Waals surface area contributed by atoms with Crippen molar-refractivity contribution in [1.82, 2.24) is 4.98 Å². The standard InChI is InChI=1S/C10H12N2O4/c1-12(2)8-5-6(10(15)16-3)4-7(11-8)9(13)14/h4-5H,1-3H3,(H,13,14). The summed E-state index contributed by atoms with van der Waals surface area (Å²) in [5.74, 6) is -1.39. The van der Waals surface area contributed by atoms with Crippen LogP contribution in [0.5, 0.6) is 0 Å². The van der Waals surface area contributed by atoms with Crippen LogP contribution in [0.15, 0.2) is 12.1 Å². The molecule has 1 heterocycles. The number of methoxy groups -OCH3 is 1. The Hall–Kier alpha value is -2.11. The average Bonchev–Trinajstić information content (AvgIpc) is 2.27. The number of anilines is 1. The lowest BCUT2D eigenvalue weighted by Gasteiger charge is -2.12. The topological polar surface area (TPSA) is 79.7 Å². The molecule has 0 spiro atoms. The molecule has 0 radical (unpaired) electrons. The van der Waals surface area contributed by atoms with Crippen molar-refractivity contribution in [2.45, 2.75) is 0 Å². The molecule has 0 aromatic carbocycles. The Kier molecular flexibility index (Phi) is 3.44. The van der Waals surface area contributed by atoms with Gasteiger partial charge in [0, 0.05) is 14.1 Å². The van der Waals surface area contributed by atoms with E-state index in [0.717, 1.165) is 0 Å². The van der Waals surface area contributed by atoms with Crippen LogP contribution in [0.1, 0.15) is 20.8 Å². The van der Waals surface area contributed by atoms with Gasteiger partial charge in [0.2, 0.25) is 0 Å². The van der Waals surface area contributed by atoms with Gasteiger partial charge in [0.1, 0.15) is 5.82 Å². The fraction of sp³-hybridized carbons (Fsp3) is 0.300. The van der Waals surface area contributed by atoms with E-state index >= 15 is 0 Å². The Morgan fingerprint density at radius 3 is 2.44 bits per heavy atom. The van der Waals surface area contributed by atoms with Crippen LogP contribution in [-0.4, -0.2) is 43.2 Å². The van der Waals surface area contributed by atoms with Gasteiger partial charge in [-0.25, -0.2) is 14.6 Å². The molecule has 0 bridgehead atoms. The van der Waals surface area contributed by atoms with Crippen molar-refractivity contribution in [3.63, 3.8) is 0 Å². The molecular formula is C10H12N2O4. The Morgan fingerprint density at radius 1 is 1.38 bits per heavy atom. The molecule has 0 amide bonds. The van der Waals surface area contributed by atoms with Gasteiger partial charge in [0.05, 0.1) is 12.7 Å². The number of carboxylic acid groups (broad SMARTS) is 1. The van der Waals surface area contributed by atoms with Gasteiger partial charge in [0.15, 0.2) is 5.69 Å². The largest absolute Gasteiger partial charge is 0.477 e. The monoisotopic (exact) mass is 224 g/mol. The van der Waals surface area contributed by atoms with Crippen LogP contribution in [0.2, 0.25) is 0 Å². The third-order valence-electron chi connectivity index (χ3n) is 1.91. The fourth-order valence-electron chi connectivity index (χ4n) is 1.09. The Balaban J connectivity index is 3.29. The van der Waals surface area contributed by atoms with Crippen molar-refractivity contribution in [3.8, 4) is 0 Å². The number of rotatable bonds is 3. The van der Waals surface area contributed by atoms with Crippen LogP contribution in [0.3, 0.4) is 0 Å². The van der Waals surface area contributed by atoms with E-state index in [2.05, 4.69) is 9.72 Å². The number of aromatic carboxylic acids is 1. The van der Waals surface area contributed by atoms with E-state index in [1.165, 1.54) is 19.2 Å². The second-order valence-electron chi connectivity index (χ2n) is 3.29. The maximum atomic E-state index is 11.3. The first kappa shape index (κ1) is 12.0. The van der Waals surface area contributed by atoms with Gasteiger partial charge in [0.25, 0.3) is 0 Å². The summed E-state index contributed by atoms with van der Waals surface area (Å²) >= 11 is 0. The number of pyridine rings is 1. The zero-order valence-corrected chi connectivity index (χ0v) is 9.22. The Morgan fingerprint density at radius 2 is 2.00 bits per heavy atom. The van der Waals surface area contributed by atoms with Crippen LogP contribution >= 0.6 is 0 Å². The molecule has 0 saturated heterocycles. The highest BCUT2D eigenvalue weighted by Gasteiger charge is 2.14. The number of aromatic nitrogens is 1. The van der Waals surface area contributed by atoms with E-state index in [9.17, 15) is 9.59 Å². The molecule has 1 N–H and O–H groups in total. The lowest BCUT2D eigenvalue weighted by atomic mass is 10.2. The lowest BCUT2D eigenvalue weighted by molar-refractivity contribution is 0.0600. The van der Waals surface area contributed by atoms with Gasteiger partial charge in [-0.2, -0.15) is 0 Å². The van der Waals surface area contributed by atoms with E-state index < -0.39 is 11.9 Å².